The third-order valence-corrected chi connectivity index (χ3v) is 9.55. The highest BCUT2D eigenvalue weighted by Crippen LogP contribution is 2.43. The number of carbonyl (C=O) groups is 1. The average Bonchev–Trinajstić information content (AvgIpc) is 3.16. The Morgan fingerprint density at radius 3 is 2.41 bits per heavy atom. The third kappa shape index (κ3) is 7.32. The van der Waals surface area contributed by atoms with Crippen molar-refractivity contribution in [1.82, 2.24) is 4.98 Å². The Labute approximate surface area is 233 Å². The van der Waals surface area contributed by atoms with Gasteiger partial charge < -0.3 is 14.8 Å². The average molecular weight is 572 g/mol. The maximum absolute atomic E-state index is 13.2. The number of hydrogen-bond donors (Lipinski definition) is 1. The van der Waals surface area contributed by atoms with Crippen molar-refractivity contribution in [2.75, 3.05) is 17.8 Å². The second-order valence-electron chi connectivity index (χ2n) is 11.2. The Bertz CT molecular complexity index is 1460. The first-order chi connectivity index (χ1) is 18.1. The van der Waals surface area contributed by atoms with Gasteiger partial charge in [0.2, 0.25) is 0 Å². The van der Waals surface area contributed by atoms with Gasteiger partial charge in [0.1, 0.15) is 52.7 Å². The monoisotopic (exact) mass is 571 g/mol. The number of rotatable bonds is 8. The Hall–Kier alpha value is -3.08. The van der Waals surface area contributed by atoms with E-state index in [1.807, 2.05) is 19.9 Å². The lowest BCUT2D eigenvalue weighted by atomic mass is 9.99. The van der Waals surface area contributed by atoms with E-state index in [1.165, 1.54) is 12.1 Å². The van der Waals surface area contributed by atoms with Crippen LogP contribution < -0.4 is 14.8 Å². The first-order valence-corrected chi connectivity index (χ1v) is 16.0. The van der Waals surface area contributed by atoms with Crippen LogP contribution in [0.4, 0.5) is 5.82 Å². The SMILES string of the molecule is C[S+](OCc1ccc(NC(=O)c2cc(Oc3ccc(S(C)(=O)=O)cc3)c3c(c2)OC(C)(C)C3)nc1)C(C)(C)C. The molecule has 0 saturated heterocycles. The van der Waals surface area contributed by atoms with Gasteiger partial charge in [0.25, 0.3) is 5.91 Å². The summed E-state index contributed by atoms with van der Waals surface area (Å²) in [6.07, 6.45) is 5.52. The van der Waals surface area contributed by atoms with Gasteiger partial charge in [0.05, 0.1) is 4.90 Å². The van der Waals surface area contributed by atoms with E-state index in [1.54, 1.807) is 36.5 Å². The van der Waals surface area contributed by atoms with Crippen molar-refractivity contribution in [3.63, 3.8) is 0 Å². The van der Waals surface area contributed by atoms with E-state index >= 15 is 0 Å². The molecule has 8 nitrogen and oxygen atoms in total. The fourth-order valence-corrected chi connectivity index (χ4v) is 5.15. The van der Waals surface area contributed by atoms with Gasteiger partial charge in [-0.25, -0.2) is 13.4 Å². The summed E-state index contributed by atoms with van der Waals surface area (Å²) < 4.78 is 41.9. The van der Waals surface area contributed by atoms with Gasteiger partial charge in [-0.2, -0.15) is 4.18 Å². The zero-order valence-electron chi connectivity index (χ0n) is 23.3. The molecule has 3 aromatic rings. The molecule has 0 radical (unpaired) electrons. The molecule has 1 atom stereocenters. The molecule has 208 valence electrons. The van der Waals surface area contributed by atoms with Crippen molar-refractivity contribution in [3.05, 3.63) is 71.4 Å². The molecular weight excluding hydrogens is 536 g/mol. The van der Waals surface area contributed by atoms with Gasteiger partial charge in [-0.3, -0.25) is 4.79 Å². The Morgan fingerprint density at radius 1 is 1.13 bits per heavy atom. The number of ether oxygens (including phenoxy) is 2. The van der Waals surface area contributed by atoms with Gasteiger partial charge in [-0.1, -0.05) is 6.07 Å². The summed E-state index contributed by atoms with van der Waals surface area (Å²) in [6, 6.07) is 13.2. The van der Waals surface area contributed by atoms with Crippen LogP contribution in [0.3, 0.4) is 0 Å². The second-order valence-corrected chi connectivity index (χ2v) is 15.6. The maximum atomic E-state index is 13.2. The summed E-state index contributed by atoms with van der Waals surface area (Å²) in [6.45, 7) is 10.8. The van der Waals surface area contributed by atoms with Crippen molar-refractivity contribution in [2.24, 2.45) is 0 Å². The van der Waals surface area contributed by atoms with E-state index in [4.69, 9.17) is 13.7 Å². The molecule has 1 N–H and O–H groups in total. The summed E-state index contributed by atoms with van der Waals surface area (Å²) in [5.41, 5.74) is 1.66. The quantitative estimate of drug-likeness (QED) is 0.345. The third-order valence-electron chi connectivity index (χ3n) is 6.23. The highest BCUT2D eigenvalue weighted by atomic mass is 32.2. The molecule has 1 aromatic heterocycles. The molecule has 1 aliphatic heterocycles. The molecule has 0 aliphatic carbocycles. The van der Waals surface area contributed by atoms with E-state index in [0.29, 0.717) is 41.7 Å². The van der Waals surface area contributed by atoms with Crippen molar-refractivity contribution >= 4 is 32.7 Å². The first-order valence-electron chi connectivity index (χ1n) is 12.5. The summed E-state index contributed by atoms with van der Waals surface area (Å²) in [4.78, 5) is 17.8. The fraction of sp³-hybridized carbons (Fsp3) is 0.379. The topological polar surface area (TPSA) is 104 Å². The number of aromatic nitrogens is 1. The molecule has 1 aliphatic rings. The van der Waals surface area contributed by atoms with Gasteiger partial charge in [-0.05, 0) is 77.1 Å². The van der Waals surface area contributed by atoms with Crippen LogP contribution in [-0.2, 0) is 38.2 Å². The van der Waals surface area contributed by atoms with Gasteiger partial charge in [0, 0.05) is 35.6 Å². The smallest absolute Gasteiger partial charge is 0.257 e. The minimum Gasteiger partial charge on any atom is -0.487 e. The second kappa shape index (κ2) is 10.8. The largest absolute Gasteiger partial charge is 0.487 e. The lowest BCUT2D eigenvalue weighted by Crippen LogP contribution is -2.28. The number of amides is 1. The van der Waals surface area contributed by atoms with Crippen LogP contribution in [0.15, 0.2) is 59.6 Å². The maximum Gasteiger partial charge on any atom is 0.257 e. The number of nitrogens with one attached hydrogen (secondary N) is 1. The molecule has 39 heavy (non-hydrogen) atoms. The van der Waals surface area contributed by atoms with Crippen LogP contribution >= 0.6 is 0 Å². The standard InChI is InChI=1S/C29H34N2O6S2/c1-28(2,3)38(6)35-18-19-8-13-26(30-17-19)31-27(32)20-14-24(23-16-29(4,5)37-25(23)15-20)36-21-9-11-22(12-10-21)39(7,33)34/h8-15,17H,16,18H2,1-7H3/p+1. The van der Waals surface area contributed by atoms with Crippen LogP contribution in [0.25, 0.3) is 0 Å². The highest BCUT2D eigenvalue weighted by Gasteiger charge is 2.34. The minimum absolute atomic E-state index is 0.0678. The lowest BCUT2D eigenvalue weighted by Gasteiger charge is -2.16. The predicted molar refractivity (Wildman–Crippen MR) is 154 cm³/mol. The first kappa shape index (κ1) is 28.9. The van der Waals surface area contributed by atoms with Gasteiger partial charge in [0.15, 0.2) is 14.6 Å². The molecule has 0 saturated carbocycles. The predicted octanol–water partition coefficient (Wildman–Crippen LogP) is 5.72. The summed E-state index contributed by atoms with van der Waals surface area (Å²) in [5, 5.41) is 2.83. The molecule has 4 rings (SSSR count). The number of sulfone groups is 1. The molecule has 0 bridgehead atoms. The zero-order chi connectivity index (χ0) is 28.6. The summed E-state index contributed by atoms with van der Waals surface area (Å²) in [7, 11) is -3.32. The van der Waals surface area contributed by atoms with Crippen molar-refractivity contribution in [2.45, 2.75) is 62.9 Å². The summed E-state index contributed by atoms with van der Waals surface area (Å²) in [5.74, 6) is 1.56. The highest BCUT2D eigenvalue weighted by molar-refractivity contribution is 7.93. The van der Waals surface area contributed by atoms with E-state index in [-0.39, 0.29) is 26.7 Å². The van der Waals surface area contributed by atoms with E-state index in [0.717, 1.165) is 17.4 Å². The molecule has 10 heteroatoms. The molecule has 0 fully saturated rings. The van der Waals surface area contributed by atoms with Crippen LogP contribution in [0.5, 0.6) is 17.2 Å². The number of fused-ring (bicyclic) bond motifs is 1. The zero-order valence-corrected chi connectivity index (χ0v) is 25.0. The molecule has 0 spiro atoms. The van der Waals surface area contributed by atoms with Gasteiger partial charge >= 0.3 is 0 Å². The van der Waals surface area contributed by atoms with E-state index < -0.39 is 15.4 Å². The van der Waals surface area contributed by atoms with E-state index in [9.17, 15) is 13.2 Å². The molecule has 1 unspecified atom stereocenters. The fourth-order valence-electron chi connectivity index (χ4n) is 3.85. The van der Waals surface area contributed by atoms with Crippen molar-refractivity contribution in [3.8, 4) is 17.2 Å². The van der Waals surface area contributed by atoms with Crippen LogP contribution in [-0.4, -0.2) is 42.2 Å². The Balaban J connectivity index is 1.52. The van der Waals surface area contributed by atoms with E-state index in [2.05, 4.69) is 37.3 Å². The van der Waals surface area contributed by atoms with Crippen molar-refractivity contribution in [1.29, 1.82) is 0 Å². The number of pyridine rings is 1. The Morgan fingerprint density at radius 2 is 1.82 bits per heavy atom. The number of benzene rings is 2. The molecular formula is C29H35N2O6S2+. The molecule has 2 heterocycles. The lowest BCUT2D eigenvalue weighted by molar-refractivity contribution is 0.102. The Kier molecular flexibility index (Phi) is 8.03. The van der Waals surface area contributed by atoms with Gasteiger partial charge in [-0.15, -0.1) is 0 Å². The molecule has 1 amide bonds. The minimum atomic E-state index is -3.32. The normalized spacial score (nSPS) is 15.3. The number of hydrogen-bond acceptors (Lipinski definition) is 7. The number of carbonyl (C=O) groups excluding carboxylic acids is 1. The van der Waals surface area contributed by atoms with Crippen LogP contribution in [0, 0.1) is 0 Å². The summed E-state index contributed by atoms with van der Waals surface area (Å²) >= 11 is -0.204. The van der Waals surface area contributed by atoms with Crippen LogP contribution in [0.1, 0.15) is 56.1 Å². The molecule has 2 aromatic carbocycles. The number of nitrogens with zero attached hydrogens (tertiary/aromatic N) is 1. The number of anilines is 1. The van der Waals surface area contributed by atoms with Crippen molar-refractivity contribution < 1.29 is 26.9 Å². The van der Waals surface area contributed by atoms with Crippen LogP contribution in [0.2, 0.25) is 0 Å².